The van der Waals surface area contributed by atoms with Gasteiger partial charge in [0.2, 0.25) is 0 Å². The van der Waals surface area contributed by atoms with Crippen molar-refractivity contribution in [1.29, 1.82) is 0 Å². The molecule has 7 rings (SSSR count). The minimum Gasteiger partial charge on any atom is -0.462 e. The van der Waals surface area contributed by atoms with E-state index in [9.17, 15) is 15.1 Å². The number of aliphatic hydroxyl groups is 1. The molecule has 1 aliphatic carbocycles. The van der Waals surface area contributed by atoms with Gasteiger partial charge in [-0.05, 0) is 62.8 Å². The van der Waals surface area contributed by atoms with E-state index in [-0.39, 0.29) is 67.0 Å². The van der Waals surface area contributed by atoms with Crippen LogP contribution in [0.1, 0.15) is 87.5 Å². The van der Waals surface area contributed by atoms with Crippen LogP contribution in [0.2, 0.25) is 0 Å². The summed E-state index contributed by atoms with van der Waals surface area (Å²) in [5.74, 6) is -2.68. The molecule has 2 bridgehead atoms. The van der Waals surface area contributed by atoms with E-state index in [1.54, 1.807) is 33.3 Å². The number of carbonyl (C=O) groups is 1. The number of allylic oxidation sites excluding steroid dienone is 2. The van der Waals surface area contributed by atoms with Crippen LogP contribution in [0, 0.1) is 23.7 Å². The zero-order chi connectivity index (χ0) is 44.7. The molecule has 4 N–H and O–H groups in total. The Labute approximate surface area is 366 Å². The van der Waals surface area contributed by atoms with E-state index in [0.29, 0.717) is 36.8 Å². The molecule has 18 unspecified atom stereocenters. The van der Waals surface area contributed by atoms with Gasteiger partial charge in [-0.1, -0.05) is 69.3 Å². The van der Waals surface area contributed by atoms with Crippen molar-refractivity contribution in [2.24, 2.45) is 34.6 Å². The number of nitrogens with two attached hydrogens (primary N) is 1. The Morgan fingerprint density at radius 2 is 1.63 bits per heavy atom. The zero-order valence-electron chi connectivity index (χ0n) is 38.0. The van der Waals surface area contributed by atoms with Crippen LogP contribution in [0.5, 0.6) is 0 Å². The summed E-state index contributed by atoms with van der Waals surface area (Å²) < 4.78 is 63.9. The predicted octanol–water partition coefficient (Wildman–Crippen LogP) is 5.42. The number of oxime groups is 1. The number of esters is 1. The number of hydrogen-bond donors (Lipinski definition) is 3. The monoisotopic (exact) mass is 870 g/mol. The molecule has 0 aromatic heterocycles. The van der Waals surface area contributed by atoms with E-state index in [2.05, 4.69) is 45.0 Å². The Bertz CT molecular complexity index is 1800. The van der Waals surface area contributed by atoms with Crippen LogP contribution < -0.4 is 5.73 Å². The van der Waals surface area contributed by atoms with Crippen molar-refractivity contribution < 1.29 is 62.5 Å². The molecule has 1 spiro atoms. The first-order valence-corrected chi connectivity index (χ1v) is 22.5. The number of nitrogens with zero attached hydrogens (tertiary/aromatic N) is 1. The molecule has 0 aromatic rings. The summed E-state index contributed by atoms with van der Waals surface area (Å²) in [5, 5.41) is 26.1. The lowest BCUT2D eigenvalue weighted by molar-refractivity contribution is -0.311. The second-order valence-electron chi connectivity index (χ2n) is 18.8. The van der Waals surface area contributed by atoms with E-state index in [0.717, 1.165) is 5.57 Å². The molecule has 4 saturated heterocycles. The molecule has 62 heavy (non-hydrogen) atoms. The van der Waals surface area contributed by atoms with Gasteiger partial charge in [-0.15, -0.1) is 0 Å². The lowest BCUT2D eigenvalue weighted by Crippen LogP contribution is -2.57. The minimum atomic E-state index is -1.87. The molecule has 0 amide bonds. The predicted molar refractivity (Wildman–Crippen MR) is 228 cm³/mol. The second-order valence-corrected chi connectivity index (χ2v) is 18.8. The molecule has 6 heterocycles. The molecule has 15 heteroatoms. The van der Waals surface area contributed by atoms with Gasteiger partial charge in [0.05, 0.1) is 55.4 Å². The van der Waals surface area contributed by atoms with Crippen LogP contribution in [0.3, 0.4) is 0 Å². The van der Waals surface area contributed by atoms with Gasteiger partial charge in [0.25, 0.3) is 0 Å². The van der Waals surface area contributed by atoms with Crippen LogP contribution in [0.15, 0.2) is 64.4 Å². The highest BCUT2D eigenvalue weighted by molar-refractivity contribution is 6.06. The summed E-state index contributed by atoms with van der Waals surface area (Å²) >= 11 is 0. The van der Waals surface area contributed by atoms with Gasteiger partial charge in [-0.3, -0.25) is 4.79 Å². The number of fused-ring (bicyclic) bond motifs is 2. The average Bonchev–Trinajstić information content (AvgIpc) is 3.56. The molecule has 4 fully saturated rings. The van der Waals surface area contributed by atoms with Gasteiger partial charge in [-0.25, -0.2) is 0 Å². The maximum Gasteiger partial charge on any atom is 0.316 e. The maximum absolute atomic E-state index is 14.4. The molecule has 346 valence electrons. The molecule has 15 nitrogen and oxygen atoms in total. The van der Waals surface area contributed by atoms with Crippen LogP contribution in [0.25, 0.3) is 0 Å². The number of rotatable bonds is 7. The van der Waals surface area contributed by atoms with E-state index in [4.69, 9.17) is 53.1 Å². The van der Waals surface area contributed by atoms with Gasteiger partial charge < -0.3 is 63.4 Å². The highest BCUT2D eigenvalue weighted by Crippen LogP contribution is 2.46. The Kier molecular flexibility index (Phi) is 14.7. The second kappa shape index (κ2) is 19.4. The number of carbonyl (C=O) groups excluding carboxylic acids is 1. The minimum absolute atomic E-state index is 0.0116. The summed E-state index contributed by atoms with van der Waals surface area (Å²) in [7, 11) is 3.31. The van der Waals surface area contributed by atoms with Crippen LogP contribution in [-0.2, 0) is 52.2 Å². The van der Waals surface area contributed by atoms with Crippen LogP contribution in [0.4, 0.5) is 0 Å². The van der Waals surface area contributed by atoms with Gasteiger partial charge in [0.1, 0.15) is 35.5 Å². The first-order valence-electron chi connectivity index (χ1n) is 22.5. The summed E-state index contributed by atoms with van der Waals surface area (Å²) in [5.41, 5.74) is 6.55. The normalized spacial score (nSPS) is 48.2. The van der Waals surface area contributed by atoms with E-state index in [1.807, 2.05) is 39.0 Å². The zero-order valence-corrected chi connectivity index (χ0v) is 38.0. The third-order valence-corrected chi connectivity index (χ3v) is 14.0. The summed E-state index contributed by atoms with van der Waals surface area (Å²) in [6, 6.07) is -0.260. The van der Waals surface area contributed by atoms with E-state index >= 15 is 0 Å². The van der Waals surface area contributed by atoms with Crippen LogP contribution >= 0.6 is 0 Å². The lowest BCUT2D eigenvalue weighted by atomic mass is 9.71. The fourth-order valence-electron chi connectivity index (χ4n) is 10.5. The highest BCUT2D eigenvalue weighted by Gasteiger charge is 2.60. The maximum atomic E-state index is 14.4. The third kappa shape index (κ3) is 9.46. The van der Waals surface area contributed by atoms with E-state index < -0.39 is 72.5 Å². The van der Waals surface area contributed by atoms with Crippen LogP contribution in [-0.4, -0.2) is 134 Å². The Hall–Kier alpha value is -2.80. The largest absolute Gasteiger partial charge is 0.462 e. The van der Waals surface area contributed by atoms with Gasteiger partial charge >= 0.3 is 5.97 Å². The van der Waals surface area contributed by atoms with Crippen molar-refractivity contribution in [3.05, 3.63) is 59.3 Å². The fraction of sp³-hybridized carbons (Fsp3) is 0.745. The van der Waals surface area contributed by atoms with Crippen molar-refractivity contribution in [2.75, 3.05) is 20.8 Å². The van der Waals surface area contributed by atoms with Crippen molar-refractivity contribution in [2.45, 2.75) is 179 Å². The van der Waals surface area contributed by atoms with Gasteiger partial charge in [0, 0.05) is 51.7 Å². The molecular weight excluding hydrogens is 801 g/mol. The molecule has 7 aliphatic rings. The van der Waals surface area contributed by atoms with Gasteiger partial charge in [-0.2, -0.15) is 0 Å². The van der Waals surface area contributed by atoms with E-state index in [1.165, 1.54) is 0 Å². The standard InChI is InChI=1S/C47H70N2O13/c1-24(2)41-27(5)16-17-46(62-41)22-33-19-32(61-46)15-14-26(4)42(59-38-21-36(54-10)43(30(8)57-38)60-37-20-35(53-9)39(48)29(7)56-37)25(3)12-11-13-31-23-55-44-40(49-52)28(6)18-34(45(50)58-33)47(31,44)51/h11-14,16-18,24-25,27,29-30,32-39,41-44,51-52H,15,19-23,48H2,1-10H3/b12-11+,26-14+,31-13+,49-40+. The summed E-state index contributed by atoms with van der Waals surface area (Å²) in [6.45, 7) is 16.1. The SMILES string of the molecule is COC1CC(OC2C(C)OC(OC3/C(C)=C/CC4CC(CC5(C=CC(C)C(C(C)C)O5)O4)OC(=O)C4C=C(C)/C(=N\O)C5OC/C(=C\C=C\C3C)C45O)CC2OC)OC(C)C1N. The third-order valence-electron chi connectivity index (χ3n) is 14.0. The smallest absolute Gasteiger partial charge is 0.316 e. The Morgan fingerprint density at radius 3 is 2.34 bits per heavy atom. The first kappa shape index (κ1) is 47.2. The Balaban J connectivity index is 1.19. The molecule has 0 aromatic carbocycles. The van der Waals surface area contributed by atoms with Crippen molar-refractivity contribution in [3.63, 3.8) is 0 Å². The van der Waals surface area contributed by atoms with Crippen molar-refractivity contribution in [1.82, 2.24) is 0 Å². The number of methoxy groups -OCH3 is 2. The molecular formula is C47H70N2O13. The molecule has 18 atom stereocenters. The quantitative estimate of drug-likeness (QED) is 0.127. The average molecular weight is 871 g/mol. The highest BCUT2D eigenvalue weighted by atomic mass is 16.7. The molecule has 0 saturated carbocycles. The summed E-state index contributed by atoms with van der Waals surface area (Å²) in [6.07, 6.45) is 10.1. The first-order chi connectivity index (χ1) is 29.5. The molecule has 6 aliphatic heterocycles. The van der Waals surface area contributed by atoms with Gasteiger partial charge in [0.15, 0.2) is 18.4 Å². The lowest BCUT2D eigenvalue weighted by Gasteiger charge is -2.48. The fourth-order valence-corrected chi connectivity index (χ4v) is 10.5. The number of ether oxygens (including phenoxy) is 10. The topological polar surface area (TPSA) is 188 Å². The Morgan fingerprint density at radius 1 is 0.919 bits per heavy atom. The summed E-state index contributed by atoms with van der Waals surface area (Å²) in [4.78, 5) is 14.4. The molecule has 0 radical (unpaired) electrons. The number of hydrogen-bond acceptors (Lipinski definition) is 15. The van der Waals surface area contributed by atoms with Crippen molar-refractivity contribution >= 4 is 11.7 Å². The van der Waals surface area contributed by atoms with Crippen molar-refractivity contribution in [3.8, 4) is 0 Å².